The molecule has 1 heterocycles. The number of nitrogens with two attached hydrogens (primary N) is 1. The van der Waals surface area contributed by atoms with Gasteiger partial charge in [0.05, 0.1) is 16.6 Å². The summed E-state index contributed by atoms with van der Waals surface area (Å²) in [7, 11) is 0. The number of nitrogens with one attached hydrogen (secondary N) is 1. The topological polar surface area (TPSA) is 54.7 Å². The van der Waals surface area contributed by atoms with Crippen LogP contribution in [0.2, 0.25) is 0 Å². The molecule has 108 valence electrons. The highest BCUT2D eigenvalue weighted by Gasteiger charge is 2.31. The minimum atomic E-state index is -4.52. The summed E-state index contributed by atoms with van der Waals surface area (Å²) in [5.41, 5.74) is 5.88. The Hall–Kier alpha value is -2.57. The van der Waals surface area contributed by atoms with Gasteiger partial charge in [-0.25, -0.2) is 9.37 Å². The van der Waals surface area contributed by atoms with Crippen LogP contribution in [0.5, 0.6) is 0 Å². The van der Waals surface area contributed by atoms with E-state index in [0.29, 0.717) is 22.7 Å². The summed E-state index contributed by atoms with van der Waals surface area (Å²) in [4.78, 5) is 6.73. The molecule has 2 aromatic carbocycles. The van der Waals surface area contributed by atoms with Crippen LogP contribution in [0, 0.1) is 5.82 Å². The van der Waals surface area contributed by atoms with Crippen molar-refractivity contribution in [3.63, 3.8) is 0 Å². The van der Waals surface area contributed by atoms with Crippen LogP contribution in [0.1, 0.15) is 5.56 Å². The summed E-state index contributed by atoms with van der Waals surface area (Å²) >= 11 is 0. The first-order chi connectivity index (χ1) is 9.84. The molecule has 3 rings (SSSR count). The van der Waals surface area contributed by atoms with Crippen molar-refractivity contribution in [3.05, 3.63) is 47.8 Å². The minimum Gasteiger partial charge on any atom is -0.369 e. The van der Waals surface area contributed by atoms with Crippen molar-refractivity contribution < 1.29 is 17.6 Å². The van der Waals surface area contributed by atoms with E-state index < -0.39 is 17.6 Å². The number of rotatable bonds is 1. The number of fused-ring (bicyclic) bond motifs is 1. The molecule has 0 aliphatic rings. The van der Waals surface area contributed by atoms with Gasteiger partial charge in [-0.15, -0.1) is 0 Å². The number of benzene rings is 2. The summed E-state index contributed by atoms with van der Waals surface area (Å²) in [5, 5.41) is 0. The molecule has 3 aromatic rings. The fraction of sp³-hybridized carbons (Fsp3) is 0.0714. The van der Waals surface area contributed by atoms with Gasteiger partial charge in [0, 0.05) is 5.56 Å². The van der Waals surface area contributed by atoms with Crippen molar-refractivity contribution in [2.45, 2.75) is 6.18 Å². The third kappa shape index (κ3) is 2.42. The predicted octanol–water partition coefficient (Wildman–Crippen LogP) is 3.97. The normalized spacial score (nSPS) is 12.0. The van der Waals surface area contributed by atoms with E-state index in [2.05, 4.69) is 9.97 Å². The van der Waals surface area contributed by atoms with Gasteiger partial charge < -0.3 is 10.7 Å². The van der Waals surface area contributed by atoms with E-state index in [0.717, 1.165) is 12.1 Å². The molecule has 0 bridgehead atoms. The van der Waals surface area contributed by atoms with E-state index in [9.17, 15) is 17.6 Å². The standard InChI is InChI=1S/C14H9F4N3/c15-10-3-2-8(14(16,17)18)6-9(10)7-1-4-11-12(5-7)21-13(19)20-11/h1-6H,(H3,19,20,21). The van der Waals surface area contributed by atoms with Crippen molar-refractivity contribution in [2.24, 2.45) is 0 Å². The lowest BCUT2D eigenvalue weighted by molar-refractivity contribution is -0.137. The Morgan fingerprint density at radius 3 is 2.52 bits per heavy atom. The molecule has 21 heavy (non-hydrogen) atoms. The Morgan fingerprint density at radius 1 is 1.05 bits per heavy atom. The zero-order chi connectivity index (χ0) is 15.2. The number of aromatic amines is 1. The van der Waals surface area contributed by atoms with Crippen LogP contribution in [-0.2, 0) is 6.18 Å². The summed E-state index contributed by atoms with van der Waals surface area (Å²) in [6.45, 7) is 0. The van der Waals surface area contributed by atoms with Gasteiger partial charge in [0.25, 0.3) is 0 Å². The van der Waals surface area contributed by atoms with E-state index in [1.54, 1.807) is 6.07 Å². The van der Waals surface area contributed by atoms with Crippen LogP contribution in [0.25, 0.3) is 22.2 Å². The molecular weight excluding hydrogens is 286 g/mol. The Bertz CT molecular complexity index is 821. The molecule has 3 nitrogen and oxygen atoms in total. The molecule has 0 radical (unpaired) electrons. The first kappa shape index (κ1) is 13.4. The van der Waals surface area contributed by atoms with Crippen molar-refractivity contribution in [1.82, 2.24) is 9.97 Å². The largest absolute Gasteiger partial charge is 0.416 e. The fourth-order valence-electron chi connectivity index (χ4n) is 2.12. The van der Waals surface area contributed by atoms with E-state index >= 15 is 0 Å². The van der Waals surface area contributed by atoms with Gasteiger partial charge in [0.2, 0.25) is 0 Å². The maximum absolute atomic E-state index is 13.8. The number of H-pyrrole nitrogens is 1. The van der Waals surface area contributed by atoms with Gasteiger partial charge in [0.1, 0.15) is 5.82 Å². The summed E-state index contributed by atoms with van der Waals surface area (Å²) < 4.78 is 52.0. The zero-order valence-corrected chi connectivity index (χ0v) is 10.5. The number of nitrogen functional groups attached to an aromatic ring is 1. The number of nitrogens with zero attached hydrogens (tertiary/aromatic N) is 1. The Morgan fingerprint density at radius 2 is 1.81 bits per heavy atom. The number of hydrogen-bond acceptors (Lipinski definition) is 2. The number of imidazole rings is 1. The van der Waals surface area contributed by atoms with Gasteiger partial charge in [0.15, 0.2) is 5.95 Å². The van der Waals surface area contributed by atoms with Gasteiger partial charge in [-0.2, -0.15) is 13.2 Å². The fourth-order valence-corrected chi connectivity index (χ4v) is 2.12. The van der Waals surface area contributed by atoms with Gasteiger partial charge in [-0.3, -0.25) is 0 Å². The highest BCUT2D eigenvalue weighted by Crippen LogP contribution is 2.34. The Balaban J connectivity index is 2.17. The van der Waals surface area contributed by atoms with Crippen LogP contribution in [-0.4, -0.2) is 9.97 Å². The van der Waals surface area contributed by atoms with E-state index in [4.69, 9.17) is 5.73 Å². The van der Waals surface area contributed by atoms with Crippen LogP contribution >= 0.6 is 0 Å². The number of hydrogen-bond donors (Lipinski definition) is 2. The second-order valence-corrected chi connectivity index (χ2v) is 4.55. The molecule has 0 saturated carbocycles. The third-order valence-electron chi connectivity index (χ3n) is 3.10. The molecule has 7 heteroatoms. The second kappa shape index (κ2) is 4.47. The SMILES string of the molecule is Nc1nc2ccc(-c3cc(C(F)(F)F)ccc3F)cc2[nH]1. The quantitative estimate of drug-likeness (QED) is 0.667. The van der Waals surface area contributed by atoms with Crippen LogP contribution in [0.3, 0.4) is 0 Å². The number of halogens is 4. The summed E-state index contributed by atoms with van der Waals surface area (Å²) in [6.07, 6.45) is -4.52. The molecule has 0 aliphatic heterocycles. The molecule has 0 fully saturated rings. The lowest BCUT2D eigenvalue weighted by Gasteiger charge is -2.10. The van der Waals surface area contributed by atoms with Crippen LogP contribution in [0.15, 0.2) is 36.4 Å². The molecule has 0 atom stereocenters. The van der Waals surface area contributed by atoms with Crippen molar-refractivity contribution in [3.8, 4) is 11.1 Å². The predicted molar refractivity (Wildman–Crippen MR) is 70.9 cm³/mol. The first-order valence-electron chi connectivity index (χ1n) is 5.97. The molecule has 1 aromatic heterocycles. The molecule has 0 aliphatic carbocycles. The molecule has 0 saturated heterocycles. The third-order valence-corrected chi connectivity index (χ3v) is 3.10. The van der Waals surface area contributed by atoms with Crippen LogP contribution < -0.4 is 5.73 Å². The molecular formula is C14H9F4N3. The molecule has 0 unspecified atom stereocenters. The Labute approximate surface area is 116 Å². The number of alkyl halides is 3. The lowest BCUT2D eigenvalue weighted by atomic mass is 10.0. The zero-order valence-electron chi connectivity index (χ0n) is 10.5. The highest BCUT2D eigenvalue weighted by atomic mass is 19.4. The van der Waals surface area contributed by atoms with E-state index in [1.807, 2.05) is 0 Å². The van der Waals surface area contributed by atoms with Crippen molar-refractivity contribution in [2.75, 3.05) is 5.73 Å². The molecule has 0 spiro atoms. The van der Waals surface area contributed by atoms with Crippen molar-refractivity contribution in [1.29, 1.82) is 0 Å². The number of aromatic nitrogens is 2. The first-order valence-corrected chi connectivity index (χ1v) is 5.97. The van der Waals surface area contributed by atoms with Gasteiger partial charge in [-0.1, -0.05) is 6.07 Å². The average Bonchev–Trinajstić information content (AvgIpc) is 2.76. The van der Waals surface area contributed by atoms with E-state index in [-0.39, 0.29) is 11.5 Å². The molecule has 0 amide bonds. The summed E-state index contributed by atoms with van der Waals surface area (Å²) in [5.74, 6) is -0.540. The van der Waals surface area contributed by atoms with Crippen molar-refractivity contribution >= 4 is 17.0 Å². The van der Waals surface area contributed by atoms with Gasteiger partial charge in [-0.05, 0) is 35.9 Å². The Kier molecular flexibility index (Phi) is 2.86. The monoisotopic (exact) mass is 295 g/mol. The lowest BCUT2D eigenvalue weighted by Crippen LogP contribution is -2.05. The number of anilines is 1. The minimum absolute atomic E-state index is 0.125. The average molecular weight is 295 g/mol. The highest BCUT2D eigenvalue weighted by molar-refractivity contribution is 5.83. The summed E-state index contributed by atoms with van der Waals surface area (Å²) in [6, 6.07) is 6.89. The smallest absolute Gasteiger partial charge is 0.369 e. The van der Waals surface area contributed by atoms with Gasteiger partial charge >= 0.3 is 6.18 Å². The molecule has 3 N–H and O–H groups in total. The second-order valence-electron chi connectivity index (χ2n) is 4.55. The van der Waals surface area contributed by atoms with E-state index in [1.165, 1.54) is 12.1 Å². The maximum atomic E-state index is 13.8. The van der Waals surface area contributed by atoms with Crippen LogP contribution in [0.4, 0.5) is 23.5 Å². The maximum Gasteiger partial charge on any atom is 0.416 e.